The van der Waals surface area contributed by atoms with E-state index in [1.54, 1.807) is 7.11 Å². The van der Waals surface area contributed by atoms with Gasteiger partial charge in [0, 0.05) is 12.6 Å². The van der Waals surface area contributed by atoms with Crippen molar-refractivity contribution in [3.8, 4) is 5.75 Å². The van der Waals surface area contributed by atoms with E-state index >= 15 is 0 Å². The van der Waals surface area contributed by atoms with Gasteiger partial charge in [0.15, 0.2) is 0 Å². The van der Waals surface area contributed by atoms with Crippen molar-refractivity contribution >= 4 is 22.5 Å². The van der Waals surface area contributed by atoms with Gasteiger partial charge in [0.2, 0.25) is 0 Å². The Morgan fingerprint density at radius 1 is 1.00 bits per heavy atom. The number of halogens is 2. The van der Waals surface area contributed by atoms with Gasteiger partial charge in [-0.15, -0.1) is 0 Å². The van der Waals surface area contributed by atoms with Crippen molar-refractivity contribution in [1.29, 1.82) is 0 Å². The summed E-state index contributed by atoms with van der Waals surface area (Å²) in [4.78, 5) is 11.9. The number of urea groups is 1. The summed E-state index contributed by atoms with van der Waals surface area (Å²) in [5.74, 6) is -0.745. The number of anilines is 1. The Morgan fingerprint density at radius 3 is 2.52 bits per heavy atom. The van der Waals surface area contributed by atoms with Crippen molar-refractivity contribution < 1.29 is 18.3 Å². The molecule has 4 nitrogen and oxygen atoms in total. The number of nitrogens with one attached hydrogen (secondary N) is 2. The number of benzene rings is 3. The minimum atomic E-state index is -0.824. The van der Waals surface area contributed by atoms with Crippen LogP contribution in [0.25, 0.3) is 10.8 Å². The van der Waals surface area contributed by atoms with E-state index < -0.39 is 17.7 Å². The maximum atomic E-state index is 13.5. The van der Waals surface area contributed by atoms with Crippen molar-refractivity contribution in [2.45, 2.75) is 6.54 Å². The van der Waals surface area contributed by atoms with Gasteiger partial charge in [0.25, 0.3) is 0 Å². The molecule has 0 heterocycles. The average Bonchev–Trinajstić information content (AvgIpc) is 2.61. The van der Waals surface area contributed by atoms with E-state index in [-0.39, 0.29) is 12.2 Å². The highest BCUT2D eigenvalue weighted by atomic mass is 19.1. The lowest BCUT2D eigenvalue weighted by Gasteiger charge is -2.09. The number of ether oxygens (including phenoxy) is 1. The molecule has 0 bridgehead atoms. The second-order valence-electron chi connectivity index (χ2n) is 5.48. The molecule has 25 heavy (non-hydrogen) atoms. The zero-order chi connectivity index (χ0) is 17.8. The van der Waals surface area contributed by atoms with Gasteiger partial charge >= 0.3 is 6.03 Å². The van der Waals surface area contributed by atoms with Gasteiger partial charge in [-0.2, -0.15) is 0 Å². The number of rotatable bonds is 4. The molecule has 3 rings (SSSR count). The van der Waals surface area contributed by atoms with Gasteiger partial charge in [-0.05, 0) is 46.7 Å². The van der Waals surface area contributed by atoms with E-state index in [4.69, 9.17) is 4.74 Å². The van der Waals surface area contributed by atoms with E-state index in [0.717, 1.165) is 28.2 Å². The summed E-state index contributed by atoms with van der Waals surface area (Å²) in [5.41, 5.74) is 0.817. The molecule has 0 aliphatic rings. The molecule has 0 saturated carbocycles. The molecular formula is C19H16F2N2O2. The van der Waals surface area contributed by atoms with Crippen molar-refractivity contribution in [3.63, 3.8) is 0 Å². The normalized spacial score (nSPS) is 10.5. The summed E-state index contributed by atoms with van der Waals surface area (Å²) in [6, 6.07) is 13.9. The van der Waals surface area contributed by atoms with Crippen molar-refractivity contribution in [3.05, 3.63) is 71.8 Å². The highest BCUT2D eigenvalue weighted by Crippen LogP contribution is 2.22. The Labute approximate surface area is 143 Å². The van der Waals surface area contributed by atoms with Crippen LogP contribution in [0.5, 0.6) is 5.75 Å². The Balaban J connectivity index is 1.64. The maximum absolute atomic E-state index is 13.5. The van der Waals surface area contributed by atoms with E-state index in [2.05, 4.69) is 10.6 Å². The van der Waals surface area contributed by atoms with Gasteiger partial charge in [-0.1, -0.05) is 18.2 Å². The summed E-state index contributed by atoms with van der Waals surface area (Å²) in [7, 11) is 1.61. The average molecular weight is 342 g/mol. The highest BCUT2D eigenvalue weighted by molar-refractivity contribution is 5.89. The lowest BCUT2D eigenvalue weighted by molar-refractivity contribution is 0.251. The molecule has 0 aliphatic carbocycles. The van der Waals surface area contributed by atoms with E-state index in [9.17, 15) is 13.6 Å². The molecule has 0 atom stereocenters. The fourth-order valence-corrected chi connectivity index (χ4v) is 2.45. The van der Waals surface area contributed by atoms with Crippen LogP contribution in [0.4, 0.5) is 19.3 Å². The van der Waals surface area contributed by atoms with Gasteiger partial charge in [0.05, 0.1) is 12.8 Å². The summed E-state index contributed by atoms with van der Waals surface area (Å²) in [6.45, 7) is 0.274. The third-order valence-corrected chi connectivity index (χ3v) is 3.74. The first kappa shape index (κ1) is 16.7. The van der Waals surface area contributed by atoms with E-state index in [1.807, 2.05) is 36.4 Å². The molecule has 6 heteroatoms. The number of carbonyl (C=O) groups excluding carboxylic acids is 1. The first-order valence-electron chi connectivity index (χ1n) is 7.62. The Morgan fingerprint density at radius 2 is 1.76 bits per heavy atom. The molecule has 0 fully saturated rings. The Bertz CT molecular complexity index is 928. The van der Waals surface area contributed by atoms with Crippen LogP contribution in [0.15, 0.2) is 54.6 Å². The Kier molecular flexibility index (Phi) is 4.79. The fraction of sp³-hybridized carbons (Fsp3) is 0.105. The van der Waals surface area contributed by atoms with Crippen LogP contribution >= 0.6 is 0 Å². The summed E-state index contributed by atoms with van der Waals surface area (Å²) >= 11 is 0. The van der Waals surface area contributed by atoms with Crippen LogP contribution in [0.3, 0.4) is 0 Å². The number of carbonyl (C=O) groups is 1. The van der Waals surface area contributed by atoms with Gasteiger partial charge < -0.3 is 15.4 Å². The number of hydrogen-bond donors (Lipinski definition) is 2. The zero-order valence-electron chi connectivity index (χ0n) is 13.5. The summed E-state index contributed by atoms with van der Waals surface area (Å²) < 4.78 is 31.6. The van der Waals surface area contributed by atoms with E-state index in [0.29, 0.717) is 6.07 Å². The van der Waals surface area contributed by atoms with Crippen LogP contribution in [-0.4, -0.2) is 13.1 Å². The zero-order valence-corrected chi connectivity index (χ0v) is 13.5. The van der Waals surface area contributed by atoms with Crippen molar-refractivity contribution in [2.75, 3.05) is 12.4 Å². The fourth-order valence-electron chi connectivity index (χ4n) is 2.45. The third kappa shape index (κ3) is 4.03. The topological polar surface area (TPSA) is 50.4 Å². The molecular weight excluding hydrogens is 326 g/mol. The molecule has 2 N–H and O–H groups in total. The molecule has 0 spiro atoms. The number of amides is 2. The summed E-state index contributed by atoms with van der Waals surface area (Å²) in [6.07, 6.45) is 0. The SMILES string of the molecule is COc1ccc2cc(CNC(=O)Nc3ccc(F)cc3F)ccc2c1. The largest absolute Gasteiger partial charge is 0.497 e. The standard InChI is InChI=1S/C19H16F2N2O2/c1-25-16-6-4-13-8-12(2-3-14(13)9-16)11-22-19(24)23-18-7-5-15(20)10-17(18)21/h2-10H,11H2,1H3,(H2,22,23,24). The van der Waals surface area contributed by atoms with Crippen LogP contribution < -0.4 is 15.4 Å². The minimum absolute atomic E-state index is 0.0792. The van der Waals surface area contributed by atoms with Gasteiger partial charge in [-0.25, -0.2) is 13.6 Å². The molecule has 0 radical (unpaired) electrons. The van der Waals surface area contributed by atoms with Crippen molar-refractivity contribution in [2.24, 2.45) is 0 Å². The smallest absolute Gasteiger partial charge is 0.319 e. The van der Waals surface area contributed by atoms with Crippen molar-refractivity contribution in [1.82, 2.24) is 5.32 Å². The first-order valence-corrected chi connectivity index (χ1v) is 7.62. The molecule has 0 unspecified atom stereocenters. The lowest BCUT2D eigenvalue weighted by atomic mass is 10.1. The first-order chi connectivity index (χ1) is 12.0. The monoisotopic (exact) mass is 342 g/mol. The second-order valence-corrected chi connectivity index (χ2v) is 5.48. The van der Waals surface area contributed by atoms with Crippen LogP contribution in [-0.2, 0) is 6.54 Å². The third-order valence-electron chi connectivity index (χ3n) is 3.74. The van der Waals surface area contributed by atoms with E-state index in [1.165, 1.54) is 6.07 Å². The predicted octanol–water partition coefficient (Wildman–Crippen LogP) is 4.45. The molecule has 3 aromatic rings. The Hall–Kier alpha value is -3.15. The van der Waals surface area contributed by atoms with Crippen LogP contribution in [0.2, 0.25) is 0 Å². The minimum Gasteiger partial charge on any atom is -0.497 e. The molecule has 0 saturated heterocycles. The molecule has 0 aliphatic heterocycles. The quantitative estimate of drug-likeness (QED) is 0.736. The highest BCUT2D eigenvalue weighted by Gasteiger charge is 2.08. The van der Waals surface area contributed by atoms with Gasteiger partial charge in [-0.3, -0.25) is 0 Å². The molecule has 128 valence electrons. The number of fused-ring (bicyclic) bond motifs is 1. The maximum Gasteiger partial charge on any atom is 0.319 e. The second kappa shape index (κ2) is 7.17. The number of methoxy groups -OCH3 is 1. The molecule has 2 amide bonds. The lowest BCUT2D eigenvalue weighted by Crippen LogP contribution is -2.28. The van der Waals surface area contributed by atoms with Gasteiger partial charge in [0.1, 0.15) is 17.4 Å². The number of hydrogen-bond acceptors (Lipinski definition) is 2. The molecule has 3 aromatic carbocycles. The van der Waals surface area contributed by atoms with Crippen LogP contribution in [0, 0.1) is 11.6 Å². The molecule has 0 aromatic heterocycles. The van der Waals surface area contributed by atoms with Crippen LogP contribution in [0.1, 0.15) is 5.56 Å². The summed E-state index contributed by atoms with van der Waals surface area (Å²) in [5, 5.41) is 7.04. The predicted molar refractivity (Wildman–Crippen MR) is 92.7 cm³/mol.